The molecule has 0 bridgehead atoms. The number of methoxy groups -OCH3 is 1. The monoisotopic (exact) mass is 270 g/mol. The van der Waals surface area contributed by atoms with E-state index in [0.717, 1.165) is 19.6 Å². The van der Waals surface area contributed by atoms with Gasteiger partial charge in [0.1, 0.15) is 0 Å². The molecule has 0 aliphatic carbocycles. The van der Waals surface area contributed by atoms with Crippen molar-refractivity contribution in [3.8, 4) is 0 Å². The number of thiophene rings is 1. The standard InChI is InChI=1S/C14H26N2OS/c1-5-11(2)16(7-8-17-4)14(12(3)15)13-6-9-18-10-13/h6,9-12,14H,5,7-8,15H2,1-4H3. The Kier molecular flexibility index (Phi) is 6.86. The van der Waals surface area contributed by atoms with Crippen LogP contribution in [0.25, 0.3) is 0 Å². The molecule has 0 aliphatic heterocycles. The Morgan fingerprint density at radius 3 is 2.61 bits per heavy atom. The minimum atomic E-state index is 0.116. The highest BCUT2D eigenvalue weighted by molar-refractivity contribution is 7.07. The molecule has 0 saturated carbocycles. The quantitative estimate of drug-likeness (QED) is 0.789. The lowest BCUT2D eigenvalue weighted by Crippen LogP contribution is -2.45. The molecule has 1 rings (SSSR count). The molecule has 4 heteroatoms. The van der Waals surface area contributed by atoms with E-state index in [9.17, 15) is 0 Å². The van der Waals surface area contributed by atoms with Crippen molar-refractivity contribution >= 4 is 11.3 Å². The lowest BCUT2D eigenvalue weighted by Gasteiger charge is -2.38. The van der Waals surface area contributed by atoms with Crippen LogP contribution in [0.15, 0.2) is 16.8 Å². The average Bonchev–Trinajstić information content (AvgIpc) is 2.86. The lowest BCUT2D eigenvalue weighted by molar-refractivity contribution is 0.0788. The van der Waals surface area contributed by atoms with Crippen molar-refractivity contribution in [2.24, 2.45) is 5.73 Å². The molecule has 1 heterocycles. The number of nitrogens with zero attached hydrogens (tertiary/aromatic N) is 1. The first-order chi connectivity index (χ1) is 8.61. The maximum absolute atomic E-state index is 6.22. The first-order valence-corrected chi connectivity index (χ1v) is 7.58. The van der Waals surface area contributed by atoms with Crippen molar-refractivity contribution in [1.29, 1.82) is 0 Å². The topological polar surface area (TPSA) is 38.5 Å². The summed E-state index contributed by atoms with van der Waals surface area (Å²) in [5, 5.41) is 4.33. The Balaban J connectivity index is 2.90. The van der Waals surface area contributed by atoms with Crippen LogP contribution in [0.1, 0.15) is 38.8 Å². The summed E-state index contributed by atoms with van der Waals surface area (Å²) in [4.78, 5) is 2.47. The third-order valence-corrected chi connectivity index (χ3v) is 4.15. The van der Waals surface area contributed by atoms with Crippen molar-refractivity contribution in [2.75, 3.05) is 20.3 Å². The van der Waals surface area contributed by atoms with Gasteiger partial charge in [0.05, 0.1) is 12.6 Å². The number of rotatable bonds is 8. The van der Waals surface area contributed by atoms with Crippen LogP contribution in [-0.2, 0) is 4.74 Å². The Labute approximate surface area is 115 Å². The molecule has 0 radical (unpaired) electrons. The second kappa shape index (κ2) is 7.89. The van der Waals surface area contributed by atoms with Gasteiger partial charge in [0.25, 0.3) is 0 Å². The van der Waals surface area contributed by atoms with Crippen LogP contribution in [0.2, 0.25) is 0 Å². The zero-order valence-corrected chi connectivity index (χ0v) is 12.7. The normalized spacial score (nSPS) is 16.8. The first kappa shape index (κ1) is 15.6. The summed E-state index contributed by atoms with van der Waals surface area (Å²) in [5.41, 5.74) is 7.54. The van der Waals surface area contributed by atoms with E-state index in [2.05, 4.69) is 42.5 Å². The van der Waals surface area contributed by atoms with Crippen LogP contribution < -0.4 is 5.73 Å². The van der Waals surface area contributed by atoms with Crippen LogP contribution in [-0.4, -0.2) is 37.2 Å². The second-order valence-electron chi connectivity index (χ2n) is 4.85. The summed E-state index contributed by atoms with van der Waals surface area (Å²) in [7, 11) is 1.75. The fraction of sp³-hybridized carbons (Fsp3) is 0.714. The smallest absolute Gasteiger partial charge is 0.0590 e. The lowest BCUT2D eigenvalue weighted by atomic mass is 9.99. The predicted molar refractivity (Wildman–Crippen MR) is 79.0 cm³/mol. The molecule has 3 atom stereocenters. The highest BCUT2D eigenvalue weighted by atomic mass is 32.1. The van der Waals surface area contributed by atoms with Crippen LogP contribution in [0.4, 0.5) is 0 Å². The van der Waals surface area contributed by atoms with Gasteiger partial charge < -0.3 is 10.5 Å². The van der Waals surface area contributed by atoms with Gasteiger partial charge in [-0.25, -0.2) is 0 Å². The van der Waals surface area contributed by atoms with E-state index in [1.807, 2.05) is 0 Å². The zero-order valence-electron chi connectivity index (χ0n) is 11.9. The molecular formula is C14H26N2OS. The summed E-state index contributed by atoms with van der Waals surface area (Å²) in [5.74, 6) is 0. The predicted octanol–water partition coefficient (Wildman–Crippen LogP) is 2.88. The van der Waals surface area contributed by atoms with Gasteiger partial charge in [0, 0.05) is 25.7 Å². The average molecular weight is 270 g/mol. The molecule has 1 aromatic rings. The van der Waals surface area contributed by atoms with Gasteiger partial charge in [-0.2, -0.15) is 11.3 Å². The maximum atomic E-state index is 6.22. The van der Waals surface area contributed by atoms with E-state index < -0.39 is 0 Å². The van der Waals surface area contributed by atoms with Gasteiger partial charge in [0.2, 0.25) is 0 Å². The van der Waals surface area contributed by atoms with E-state index in [1.54, 1.807) is 18.4 Å². The van der Waals surface area contributed by atoms with Crippen LogP contribution in [0.3, 0.4) is 0 Å². The second-order valence-corrected chi connectivity index (χ2v) is 5.63. The fourth-order valence-electron chi connectivity index (χ4n) is 2.31. The van der Waals surface area contributed by atoms with Gasteiger partial charge in [-0.1, -0.05) is 6.92 Å². The van der Waals surface area contributed by atoms with Crippen molar-refractivity contribution < 1.29 is 4.74 Å². The van der Waals surface area contributed by atoms with Crippen molar-refractivity contribution in [2.45, 2.75) is 45.3 Å². The van der Waals surface area contributed by atoms with Crippen molar-refractivity contribution in [3.05, 3.63) is 22.4 Å². The molecule has 104 valence electrons. The molecule has 0 aliphatic rings. The molecular weight excluding hydrogens is 244 g/mol. The van der Waals surface area contributed by atoms with E-state index in [4.69, 9.17) is 10.5 Å². The molecule has 18 heavy (non-hydrogen) atoms. The van der Waals surface area contributed by atoms with Crippen LogP contribution in [0.5, 0.6) is 0 Å². The number of hydrogen-bond acceptors (Lipinski definition) is 4. The Morgan fingerprint density at radius 1 is 1.44 bits per heavy atom. The van der Waals surface area contributed by atoms with E-state index in [0.29, 0.717) is 6.04 Å². The molecule has 2 N–H and O–H groups in total. The Morgan fingerprint density at radius 2 is 2.17 bits per heavy atom. The largest absolute Gasteiger partial charge is 0.383 e. The zero-order chi connectivity index (χ0) is 13.5. The van der Waals surface area contributed by atoms with E-state index in [-0.39, 0.29) is 12.1 Å². The number of nitrogens with two attached hydrogens (primary N) is 1. The first-order valence-electron chi connectivity index (χ1n) is 6.64. The SMILES string of the molecule is CCC(C)N(CCOC)C(c1ccsc1)C(C)N. The van der Waals surface area contributed by atoms with E-state index >= 15 is 0 Å². The van der Waals surface area contributed by atoms with Crippen LogP contribution in [0, 0.1) is 0 Å². The molecule has 0 aromatic carbocycles. The van der Waals surface area contributed by atoms with Crippen molar-refractivity contribution in [3.63, 3.8) is 0 Å². The number of hydrogen-bond donors (Lipinski definition) is 1. The molecule has 3 nitrogen and oxygen atoms in total. The summed E-state index contributed by atoms with van der Waals surface area (Å²) in [6.07, 6.45) is 1.12. The summed E-state index contributed by atoms with van der Waals surface area (Å²) in [6.45, 7) is 8.24. The van der Waals surface area contributed by atoms with E-state index in [1.165, 1.54) is 5.56 Å². The van der Waals surface area contributed by atoms with Gasteiger partial charge in [-0.15, -0.1) is 0 Å². The highest BCUT2D eigenvalue weighted by Gasteiger charge is 2.27. The molecule has 0 amide bonds. The van der Waals surface area contributed by atoms with Crippen molar-refractivity contribution in [1.82, 2.24) is 4.90 Å². The minimum Gasteiger partial charge on any atom is -0.383 e. The number of ether oxygens (including phenoxy) is 1. The van der Waals surface area contributed by atoms with Gasteiger partial charge >= 0.3 is 0 Å². The Hall–Kier alpha value is -0.420. The molecule has 0 saturated heterocycles. The third-order valence-electron chi connectivity index (χ3n) is 3.45. The third kappa shape index (κ3) is 4.05. The highest BCUT2D eigenvalue weighted by Crippen LogP contribution is 2.28. The Bertz CT molecular complexity index is 314. The fourth-order valence-corrected chi connectivity index (χ4v) is 2.99. The summed E-state index contributed by atoms with van der Waals surface area (Å²) >= 11 is 1.73. The van der Waals surface area contributed by atoms with Gasteiger partial charge in [0.15, 0.2) is 0 Å². The summed E-state index contributed by atoms with van der Waals surface area (Å²) < 4.78 is 5.23. The van der Waals surface area contributed by atoms with Gasteiger partial charge in [-0.05, 0) is 42.7 Å². The molecule has 1 aromatic heterocycles. The molecule has 3 unspecified atom stereocenters. The van der Waals surface area contributed by atoms with Crippen LogP contribution >= 0.6 is 11.3 Å². The maximum Gasteiger partial charge on any atom is 0.0590 e. The molecule has 0 spiro atoms. The molecule has 0 fully saturated rings. The summed E-state index contributed by atoms with van der Waals surface area (Å²) in [6, 6.07) is 3.09. The minimum absolute atomic E-state index is 0.116. The van der Waals surface area contributed by atoms with Gasteiger partial charge in [-0.3, -0.25) is 4.90 Å².